The summed E-state index contributed by atoms with van der Waals surface area (Å²) in [6, 6.07) is 23.4. The zero-order valence-electron chi connectivity index (χ0n) is 14.8. The number of para-hydroxylation sites is 1. The maximum absolute atomic E-state index is 11.0. The average molecular weight is 374 g/mol. The molecule has 1 aliphatic rings. The van der Waals surface area contributed by atoms with E-state index in [1.165, 1.54) is 5.56 Å². The molecular formula is C22H18N2O2S. The van der Waals surface area contributed by atoms with Crippen LogP contribution in [-0.4, -0.2) is 10.6 Å². The second-order valence-corrected chi connectivity index (χ2v) is 7.80. The van der Waals surface area contributed by atoms with Crippen molar-refractivity contribution in [2.24, 2.45) is 4.99 Å². The highest BCUT2D eigenvalue weighted by Crippen LogP contribution is 2.45. The molecule has 0 fully saturated rings. The van der Waals surface area contributed by atoms with Crippen molar-refractivity contribution in [3.8, 4) is 0 Å². The molecule has 0 aromatic heterocycles. The second-order valence-electron chi connectivity index (χ2n) is 6.55. The van der Waals surface area contributed by atoms with E-state index in [1.54, 1.807) is 23.9 Å². The summed E-state index contributed by atoms with van der Waals surface area (Å²) in [4.78, 5) is 16.7. The molecule has 0 amide bonds. The number of nitrogens with zero attached hydrogens (tertiary/aromatic N) is 2. The molecule has 134 valence electrons. The molecule has 0 saturated carbocycles. The number of fused-ring (bicyclic) bond motifs is 1. The van der Waals surface area contributed by atoms with E-state index in [0.717, 1.165) is 33.8 Å². The van der Waals surface area contributed by atoms with Gasteiger partial charge >= 0.3 is 0 Å². The minimum Gasteiger partial charge on any atom is -0.258 e. The van der Waals surface area contributed by atoms with Crippen molar-refractivity contribution in [3.63, 3.8) is 0 Å². The smallest absolute Gasteiger partial charge is 0.258 e. The second kappa shape index (κ2) is 7.37. The fraction of sp³-hybridized carbons (Fsp3) is 0.136. The van der Waals surface area contributed by atoms with E-state index in [-0.39, 0.29) is 15.9 Å². The summed E-state index contributed by atoms with van der Waals surface area (Å²) in [5, 5.41) is 11.1. The van der Waals surface area contributed by atoms with Gasteiger partial charge in [-0.3, -0.25) is 15.1 Å². The number of aliphatic imine (C=N–C) groups is 1. The zero-order valence-corrected chi connectivity index (χ0v) is 15.6. The molecular weight excluding hydrogens is 356 g/mol. The van der Waals surface area contributed by atoms with Crippen LogP contribution in [-0.2, 0) is 0 Å². The Morgan fingerprint density at radius 1 is 1.00 bits per heavy atom. The Morgan fingerprint density at radius 3 is 2.41 bits per heavy atom. The van der Waals surface area contributed by atoms with Crippen molar-refractivity contribution in [2.45, 2.75) is 23.5 Å². The van der Waals surface area contributed by atoms with Crippen molar-refractivity contribution in [1.29, 1.82) is 0 Å². The summed E-state index contributed by atoms with van der Waals surface area (Å²) in [7, 11) is 0. The van der Waals surface area contributed by atoms with Gasteiger partial charge in [-0.15, -0.1) is 11.8 Å². The number of non-ortho nitro benzene ring substituents is 1. The number of aryl methyl sites for hydroxylation is 1. The summed E-state index contributed by atoms with van der Waals surface area (Å²) >= 11 is 1.76. The summed E-state index contributed by atoms with van der Waals surface area (Å²) in [5.74, 6) is 0. The van der Waals surface area contributed by atoms with E-state index >= 15 is 0 Å². The fourth-order valence-electron chi connectivity index (χ4n) is 3.14. The maximum Gasteiger partial charge on any atom is 0.269 e. The molecule has 0 aliphatic carbocycles. The predicted molar refractivity (Wildman–Crippen MR) is 110 cm³/mol. The zero-order chi connectivity index (χ0) is 18.8. The minimum absolute atomic E-state index is 0.116. The van der Waals surface area contributed by atoms with Gasteiger partial charge in [-0.2, -0.15) is 0 Å². The molecule has 0 spiro atoms. The van der Waals surface area contributed by atoms with Crippen LogP contribution in [0.15, 0.2) is 82.7 Å². The highest BCUT2D eigenvalue weighted by atomic mass is 32.2. The molecule has 4 nitrogen and oxygen atoms in total. The highest BCUT2D eigenvalue weighted by molar-refractivity contribution is 7.99. The maximum atomic E-state index is 11.0. The lowest BCUT2D eigenvalue weighted by atomic mass is 10.00. The van der Waals surface area contributed by atoms with Gasteiger partial charge in [-0.25, -0.2) is 0 Å². The monoisotopic (exact) mass is 374 g/mol. The van der Waals surface area contributed by atoms with Crippen molar-refractivity contribution in [1.82, 2.24) is 0 Å². The van der Waals surface area contributed by atoms with Gasteiger partial charge in [0.2, 0.25) is 0 Å². The van der Waals surface area contributed by atoms with Crippen LogP contribution in [0.4, 0.5) is 11.4 Å². The quantitative estimate of drug-likeness (QED) is 0.401. The molecule has 0 N–H and O–H groups in total. The topological polar surface area (TPSA) is 55.5 Å². The summed E-state index contributed by atoms with van der Waals surface area (Å²) in [5.41, 5.74) is 5.53. The van der Waals surface area contributed by atoms with Gasteiger partial charge in [0.25, 0.3) is 5.69 Å². The van der Waals surface area contributed by atoms with Gasteiger partial charge < -0.3 is 0 Å². The number of nitro groups is 1. The molecule has 3 aromatic rings. The molecule has 5 heteroatoms. The number of thioether (sulfide) groups is 1. The van der Waals surface area contributed by atoms with Crippen LogP contribution in [0.25, 0.3) is 0 Å². The number of benzene rings is 3. The Kier molecular flexibility index (Phi) is 4.77. The van der Waals surface area contributed by atoms with E-state index in [1.807, 2.05) is 30.3 Å². The third-order valence-corrected chi connectivity index (χ3v) is 5.95. The molecule has 1 atom stereocenters. The first-order valence-corrected chi connectivity index (χ1v) is 9.63. The Morgan fingerprint density at radius 2 is 1.70 bits per heavy atom. The van der Waals surface area contributed by atoms with Crippen LogP contribution < -0.4 is 0 Å². The van der Waals surface area contributed by atoms with Gasteiger partial charge in [-0.1, -0.05) is 54.1 Å². The third-order valence-electron chi connectivity index (χ3n) is 4.63. The molecule has 1 unspecified atom stereocenters. The highest BCUT2D eigenvalue weighted by Gasteiger charge is 2.23. The lowest BCUT2D eigenvalue weighted by Crippen LogP contribution is -2.05. The van der Waals surface area contributed by atoms with Crippen LogP contribution in [0.1, 0.15) is 28.4 Å². The van der Waals surface area contributed by atoms with E-state index < -0.39 is 0 Å². The first kappa shape index (κ1) is 17.5. The summed E-state index contributed by atoms with van der Waals surface area (Å²) < 4.78 is 0. The third kappa shape index (κ3) is 3.78. The standard InChI is InChI=1S/C22H18N2O2S/c1-15-6-8-16(9-7-15)20-14-22(17-10-12-18(13-11-17)24(25)26)27-21-5-3-2-4-19(21)23-20/h2-13,22H,14H2,1H3. The van der Waals surface area contributed by atoms with Gasteiger partial charge in [0.1, 0.15) is 0 Å². The predicted octanol–water partition coefficient (Wildman–Crippen LogP) is 6.26. The van der Waals surface area contributed by atoms with Crippen molar-refractivity contribution in [2.75, 3.05) is 0 Å². The molecule has 0 bridgehead atoms. The van der Waals surface area contributed by atoms with Crippen molar-refractivity contribution < 1.29 is 4.92 Å². The molecule has 0 radical (unpaired) electrons. The fourth-order valence-corrected chi connectivity index (χ4v) is 4.37. The van der Waals surface area contributed by atoms with Crippen molar-refractivity contribution in [3.05, 3.63) is 99.6 Å². The van der Waals surface area contributed by atoms with Crippen LogP contribution in [0.5, 0.6) is 0 Å². The Hall–Kier alpha value is -2.92. The average Bonchev–Trinajstić information content (AvgIpc) is 2.88. The Balaban J connectivity index is 1.75. The molecule has 3 aromatic carbocycles. The Labute approximate surface area is 162 Å². The SMILES string of the molecule is Cc1ccc(C2=Nc3ccccc3SC(c3ccc([N+](=O)[O-])cc3)C2)cc1. The number of hydrogen-bond acceptors (Lipinski definition) is 4. The number of nitro benzene ring substituents is 1. The van der Waals surface area contributed by atoms with Gasteiger partial charge in [0.05, 0.1) is 10.6 Å². The van der Waals surface area contributed by atoms with Gasteiger partial charge in [-0.05, 0) is 30.2 Å². The largest absolute Gasteiger partial charge is 0.269 e. The van der Waals surface area contributed by atoms with Crippen LogP contribution in [0.3, 0.4) is 0 Å². The molecule has 1 heterocycles. The number of rotatable bonds is 3. The van der Waals surface area contributed by atoms with Crippen molar-refractivity contribution >= 4 is 28.8 Å². The lowest BCUT2D eigenvalue weighted by Gasteiger charge is -2.16. The molecule has 1 aliphatic heterocycles. The van der Waals surface area contributed by atoms with E-state index in [4.69, 9.17) is 4.99 Å². The van der Waals surface area contributed by atoms with Crippen LogP contribution >= 0.6 is 11.8 Å². The van der Waals surface area contributed by atoms with E-state index in [0.29, 0.717) is 0 Å². The van der Waals surface area contributed by atoms with E-state index in [2.05, 4.69) is 37.3 Å². The molecule has 4 rings (SSSR count). The normalized spacial score (nSPS) is 16.2. The van der Waals surface area contributed by atoms with Crippen LogP contribution in [0.2, 0.25) is 0 Å². The first-order chi connectivity index (χ1) is 13.1. The first-order valence-electron chi connectivity index (χ1n) is 8.75. The van der Waals surface area contributed by atoms with Gasteiger partial charge in [0.15, 0.2) is 0 Å². The Bertz CT molecular complexity index is 1010. The molecule has 0 saturated heterocycles. The summed E-state index contributed by atoms with van der Waals surface area (Å²) in [6.45, 7) is 2.07. The van der Waals surface area contributed by atoms with E-state index in [9.17, 15) is 10.1 Å². The molecule has 27 heavy (non-hydrogen) atoms. The van der Waals surface area contributed by atoms with Crippen LogP contribution in [0, 0.1) is 17.0 Å². The summed E-state index contributed by atoms with van der Waals surface area (Å²) in [6.07, 6.45) is 0.764. The minimum atomic E-state index is -0.363. The number of hydrogen-bond donors (Lipinski definition) is 0. The van der Waals surface area contributed by atoms with Gasteiger partial charge in [0, 0.05) is 34.4 Å². The lowest BCUT2D eigenvalue weighted by molar-refractivity contribution is -0.384.